The number of hydrogen-bond donors (Lipinski definition) is 1. The van der Waals surface area contributed by atoms with Gasteiger partial charge in [-0.2, -0.15) is 0 Å². The van der Waals surface area contributed by atoms with Crippen LogP contribution in [-0.4, -0.2) is 43.3 Å². The van der Waals surface area contributed by atoms with Gasteiger partial charge < -0.3 is 15.2 Å². The Morgan fingerprint density at radius 2 is 1.85 bits per heavy atom. The maximum atomic E-state index is 6.01. The van der Waals surface area contributed by atoms with E-state index < -0.39 is 0 Å². The molecule has 2 rings (SSSR count). The summed E-state index contributed by atoms with van der Waals surface area (Å²) in [6.07, 6.45) is 0.519. The van der Waals surface area contributed by atoms with Gasteiger partial charge in [0.2, 0.25) is 0 Å². The summed E-state index contributed by atoms with van der Waals surface area (Å²) in [5, 5.41) is 0. The van der Waals surface area contributed by atoms with E-state index in [2.05, 4.69) is 30.9 Å². The topological polar surface area (TPSA) is 47.7 Å². The van der Waals surface area contributed by atoms with Crippen molar-refractivity contribution in [2.75, 3.05) is 26.2 Å². The highest BCUT2D eigenvalue weighted by molar-refractivity contribution is 5.29. The fourth-order valence-corrected chi connectivity index (χ4v) is 2.92. The van der Waals surface area contributed by atoms with E-state index >= 15 is 0 Å². The third-order valence-corrected chi connectivity index (χ3v) is 3.69. The zero-order valence-corrected chi connectivity index (χ0v) is 12.7. The Kier molecular flexibility index (Phi) is 5.40. The zero-order valence-electron chi connectivity index (χ0n) is 12.7. The van der Waals surface area contributed by atoms with Crippen LogP contribution < -0.4 is 10.5 Å². The lowest BCUT2D eigenvalue weighted by Gasteiger charge is -2.40. The van der Waals surface area contributed by atoms with Crippen molar-refractivity contribution in [2.24, 2.45) is 5.73 Å². The van der Waals surface area contributed by atoms with Crippen LogP contribution in [0.3, 0.4) is 0 Å². The molecular weight excluding hydrogens is 252 g/mol. The maximum absolute atomic E-state index is 6.01. The molecular formula is C16H26N2O2. The van der Waals surface area contributed by atoms with Crippen LogP contribution in [0.2, 0.25) is 0 Å². The average molecular weight is 278 g/mol. The summed E-state index contributed by atoms with van der Waals surface area (Å²) in [6, 6.07) is 8.53. The lowest BCUT2D eigenvalue weighted by molar-refractivity contribution is -0.0799. The van der Waals surface area contributed by atoms with Gasteiger partial charge in [-0.3, -0.25) is 4.90 Å². The number of benzene rings is 1. The quantitative estimate of drug-likeness (QED) is 0.897. The highest BCUT2D eigenvalue weighted by Gasteiger charge is 2.28. The van der Waals surface area contributed by atoms with Crippen LogP contribution >= 0.6 is 0 Å². The Morgan fingerprint density at radius 3 is 2.35 bits per heavy atom. The molecule has 0 aliphatic carbocycles. The molecule has 1 aliphatic rings. The molecule has 1 aromatic rings. The second-order valence-electron chi connectivity index (χ2n) is 5.46. The molecule has 0 amide bonds. The largest absolute Gasteiger partial charge is 0.494 e. The molecule has 3 atom stereocenters. The predicted molar refractivity (Wildman–Crippen MR) is 81.0 cm³/mol. The molecule has 4 heteroatoms. The van der Waals surface area contributed by atoms with Crippen molar-refractivity contribution < 1.29 is 9.47 Å². The van der Waals surface area contributed by atoms with Crippen LogP contribution in [0.5, 0.6) is 5.75 Å². The van der Waals surface area contributed by atoms with Crippen LogP contribution in [0.15, 0.2) is 24.3 Å². The van der Waals surface area contributed by atoms with E-state index in [0.717, 1.165) is 18.8 Å². The van der Waals surface area contributed by atoms with E-state index in [1.807, 2.05) is 19.1 Å². The van der Waals surface area contributed by atoms with E-state index in [1.54, 1.807) is 0 Å². The molecule has 1 aromatic carbocycles. The molecule has 0 aromatic heterocycles. The third-order valence-electron chi connectivity index (χ3n) is 3.69. The second-order valence-corrected chi connectivity index (χ2v) is 5.46. The first-order valence-electron chi connectivity index (χ1n) is 7.46. The fourth-order valence-electron chi connectivity index (χ4n) is 2.92. The highest BCUT2D eigenvalue weighted by Crippen LogP contribution is 2.25. The Labute approximate surface area is 121 Å². The second kappa shape index (κ2) is 7.07. The Balaban J connectivity index is 2.10. The van der Waals surface area contributed by atoms with Gasteiger partial charge >= 0.3 is 0 Å². The summed E-state index contributed by atoms with van der Waals surface area (Å²) in [4.78, 5) is 2.43. The molecule has 0 radical (unpaired) electrons. The molecule has 1 fully saturated rings. The van der Waals surface area contributed by atoms with Crippen molar-refractivity contribution in [1.82, 2.24) is 4.90 Å². The minimum absolute atomic E-state index is 0.250. The van der Waals surface area contributed by atoms with Gasteiger partial charge in [0.15, 0.2) is 0 Å². The summed E-state index contributed by atoms with van der Waals surface area (Å²) in [7, 11) is 0. The van der Waals surface area contributed by atoms with Gasteiger partial charge in [-0.05, 0) is 38.5 Å². The summed E-state index contributed by atoms with van der Waals surface area (Å²) in [5.74, 6) is 0.913. The predicted octanol–water partition coefficient (Wildman–Crippen LogP) is 2.19. The lowest BCUT2D eigenvalue weighted by Crippen LogP contribution is -2.48. The first-order chi connectivity index (χ1) is 9.63. The van der Waals surface area contributed by atoms with E-state index in [0.29, 0.717) is 13.2 Å². The van der Waals surface area contributed by atoms with Gasteiger partial charge in [0.25, 0.3) is 0 Å². The minimum Gasteiger partial charge on any atom is -0.494 e. The average Bonchev–Trinajstić information content (AvgIpc) is 2.41. The Hall–Kier alpha value is -1.10. The molecule has 3 unspecified atom stereocenters. The minimum atomic E-state index is 0.250. The van der Waals surface area contributed by atoms with Gasteiger partial charge in [0, 0.05) is 25.7 Å². The summed E-state index contributed by atoms with van der Waals surface area (Å²) in [5.41, 5.74) is 7.26. The van der Waals surface area contributed by atoms with Crippen LogP contribution in [0, 0.1) is 0 Å². The van der Waals surface area contributed by atoms with Gasteiger partial charge in [-0.25, -0.2) is 0 Å². The van der Waals surface area contributed by atoms with Crippen molar-refractivity contribution in [2.45, 2.75) is 39.0 Å². The molecule has 20 heavy (non-hydrogen) atoms. The molecule has 0 bridgehead atoms. The van der Waals surface area contributed by atoms with Crippen LogP contribution in [-0.2, 0) is 4.74 Å². The number of nitrogens with zero attached hydrogens (tertiary/aromatic N) is 1. The van der Waals surface area contributed by atoms with Crippen molar-refractivity contribution in [3.63, 3.8) is 0 Å². The van der Waals surface area contributed by atoms with Gasteiger partial charge in [0.1, 0.15) is 5.75 Å². The van der Waals surface area contributed by atoms with Crippen LogP contribution in [0.25, 0.3) is 0 Å². The van der Waals surface area contributed by atoms with Crippen molar-refractivity contribution in [3.05, 3.63) is 29.8 Å². The summed E-state index contributed by atoms with van der Waals surface area (Å²) >= 11 is 0. The van der Waals surface area contributed by atoms with E-state index in [4.69, 9.17) is 15.2 Å². The number of ether oxygens (including phenoxy) is 2. The normalized spacial score (nSPS) is 25.4. The van der Waals surface area contributed by atoms with E-state index in [-0.39, 0.29) is 18.2 Å². The van der Waals surface area contributed by atoms with Gasteiger partial charge in [-0.1, -0.05) is 12.1 Å². The van der Waals surface area contributed by atoms with Crippen molar-refractivity contribution >= 4 is 0 Å². The Morgan fingerprint density at radius 1 is 1.25 bits per heavy atom. The van der Waals surface area contributed by atoms with Gasteiger partial charge in [0.05, 0.1) is 18.8 Å². The van der Waals surface area contributed by atoms with Crippen molar-refractivity contribution in [3.8, 4) is 5.75 Å². The standard InChI is InChI=1S/C16H26N2O2/c1-4-19-15-7-5-14(6-8-15)16(9-17)18-10-12(2)20-13(3)11-18/h5-8,12-13,16H,4,9-11,17H2,1-3H3. The molecule has 112 valence electrons. The number of hydrogen-bond acceptors (Lipinski definition) is 4. The monoisotopic (exact) mass is 278 g/mol. The molecule has 0 saturated carbocycles. The SMILES string of the molecule is CCOc1ccc(C(CN)N2CC(C)OC(C)C2)cc1. The van der Waals surface area contributed by atoms with Crippen molar-refractivity contribution in [1.29, 1.82) is 0 Å². The Bertz CT molecular complexity index is 397. The molecule has 0 spiro atoms. The molecule has 4 nitrogen and oxygen atoms in total. The third kappa shape index (κ3) is 3.72. The van der Waals surface area contributed by atoms with Crippen LogP contribution in [0.1, 0.15) is 32.4 Å². The maximum Gasteiger partial charge on any atom is 0.119 e. The fraction of sp³-hybridized carbons (Fsp3) is 0.625. The molecule has 1 aliphatic heterocycles. The first kappa shape index (κ1) is 15.3. The summed E-state index contributed by atoms with van der Waals surface area (Å²) < 4.78 is 11.3. The molecule has 1 heterocycles. The number of rotatable bonds is 5. The lowest BCUT2D eigenvalue weighted by atomic mass is 10.0. The number of nitrogens with two attached hydrogens (primary N) is 1. The summed E-state index contributed by atoms with van der Waals surface area (Å²) in [6.45, 7) is 9.40. The van der Waals surface area contributed by atoms with E-state index in [1.165, 1.54) is 5.56 Å². The molecule has 1 saturated heterocycles. The van der Waals surface area contributed by atoms with Crippen LogP contribution in [0.4, 0.5) is 0 Å². The van der Waals surface area contributed by atoms with Gasteiger partial charge in [-0.15, -0.1) is 0 Å². The zero-order chi connectivity index (χ0) is 14.5. The molecule has 2 N–H and O–H groups in total. The first-order valence-corrected chi connectivity index (χ1v) is 7.46. The highest BCUT2D eigenvalue weighted by atomic mass is 16.5. The number of morpholine rings is 1. The smallest absolute Gasteiger partial charge is 0.119 e. The van der Waals surface area contributed by atoms with E-state index in [9.17, 15) is 0 Å².